The molecule has 3 heteroatoms. The van der Waals surface area contributed by atoms with Crippen molar-refractivity contribution in [2.75, 3.05) is 6.54 Å². The van der Waals surface area contributed by atoms with Gasteiger partial charge in [0.1, 0.15) is 5.75 Å². The molecular formula is C17H28BrNO. The lowest BCUT2D eigenvalue weighted by Gasteiger charge is -2.28. The second-order valence-electron chi connectivity index (χ2n) is 6.22. The first-order valence-electron chi connectivity index (χ1n) is 7.58. The highest BCUT2D eigenvalue weighted by atomic mass is 79.9. The monoisotopic (exact) mass is 341 g/mol. The minimum atomic E-state index is 0.201. The Morgan fingerprint density at radius 1 is 1.15 bits per heavy atom. The van der Waals surface area contributed by atoms with Gasteiger partial charge in [-0.2, -0.15) is 0 Å². The number of rotatable bonds is 7. The van der Waals surface area contributed by atoms with Crippen LogP contribution in [0.25, 0.3) is 0 Å². The van der Waals surface area contributed by atoms with E-state index in [1.165, 1.54) is 0 Å². The average Bonchev–Trinajstić information content (AvgIpc) is 2.37. The fourth-order valence-electron chi connectivity index (χ4n) is 2.80. The van der Waals surface area contributed by atoms with Crippen molar-refractivity contribution in [3.8, 4) is 5.75 Å². The van der Waals surface area contributed by atoms with Crippen molar-refractivity contribution in [1.29, 1.82) is 0 Å². The molecule has 20 heavy (non-hydrogen) atoms. The van der Waals surface area contributed by atoms with E-state index in [1.54, 1.807) is 6.07 Å². The summed E-state index contributed by atoms with van der Waals surface area (Å²) >= 11 is 3.48. The van der Waals surface area contributed by atoms with Gasteiger partial charge in [0.15, 0.2) is 0 Å². The molecule has 0 saturated heterocycles. The quantitative estimate of drug-likeness (QED) is 0.720. The maximum absolute atomic E-state index is 10.1. The Labute approximate surface area is 132 Å². The number of halogens is 1. The zero-order chi connectivity index (χ0) is 15.3. The highest BCUT2D eigenvalue weighted by Gasteiger charge is 2.20. The fourth-order valence-corrected chi connectivity index (χ4v) is 3.18. The van der Waals surface area contributed by atoms with Gasteiger partial charge in [-0.25, -0.2) is 0 Å². The van der Waals surface area contributed by atoms with E-state index in [1.807, 2.05) is 12.1 Å². The van der Waals surface area contributed by atoms with Crippen molar-refractivity contribution in [3.05, 3.63) is 28.2 Å². The van der Waals surface area contributed by atoms with Crippen LogP contribution in [0.2, 0.25) is 0 Å². The number of phenolic OH excluding ortho intramolecular Hbond substituents is 1. The SMILES string of the molecule is CCC(NCC(C(C)C)C(C)C)c1cc(Br)ccc1O. The number of hydrogen-bond acceptors (Lipinski definition) is 2. The van der Waals surface area contributed by atoms with Crippen molar-refractivity contribution in [3.63, 3.8) is 0 Å². The first-order chi connectivity index (χ1) is 9.36. The molecule has 2 N–H and O–H groups in total. The molecule has 0 aromatic heterocycles. The number of benzene rings is 1. The van der Waals surface area contributed by atoms with Crippen molar-refractivity contribution < 1.29 is 5.11 Å². The third kappa shape index (κ3) is 4.78. The summed E-state index contributed by atoms with van der Waals surface area (Å²) < 4.78 is 1.01. The third-order valence-electron chi connectivity index (χ3n) is 4.09. The fraction of sp³-hybridized carbons (Fsp3) is 0.647. The van der Waals surface area contributed by atoms with Crippen LogP contribution in [0, 0.1) is 17.8 Å². The van der Waals surface area contributed by atoms with Crippen molar-refractivity contribution in [1.82, 2.24) is 5.32 Å². The van der Waals surface area contributed by atoms with E-state index in [-0.39, 0.29) is 6.04 Å². The van der Waals surface area contributed by atoms with Gasteiger partial charge in [-0.3, -0.25) is 0 Å². The maximum atomic E-state index is 10.1. The summed E-state index contributed by atoms with van der Waals surface area (Å²) in [4.78, 5) is 0. The van der Waals surface area contributed by atoms with E-state index in [0.717, 1.165) is 23.0 Å². The molecule has 0 saturated carbocycles. The normalized spacial score (nSPS) is 13.4. The van der Waals surface area contributed by atoms with Crippen molar-refractivity contribution in [2.24, 2.45) is 17.8 Å². The molecular weight excluding hydrogens is 314 g/mol. The Balaban J connectivity index is 2.79. The first-order valence-corrected chi connectivity index (χ1v) is 8.37. The molecule has 0 aliphatic rings. The lowest BCUT2D eigenvalue weighted by Crippen LogP contribution is -2.32. The summed E-state index contributed by atoms with van der Waals surface area (Å²) in [6, 6.07) is 5.84. The average molecular weight is 342 g/mol. The van der Waals surface area contributed by atoms with E-state index < -0.39 is 0 Å². The van der Waals surface area contributed by atoms with Gasteiger partial charge in [0.25, 0.3) is 0 Å². The molecule has 1 aromatic carbocycles. The summed E-state index contributed by atoms with van der Waals surface area (Å²) in [5.74, 6) is 2.35. The Kier molecular flexibility index (Phi) is 7.04. The number of nitrogens with one attached hydrogen (secondary N) is 1. The molecule has 1 unspecified atom stereocenters. The van der Waals surface area contributed by atoms with Crippen LogP contribution < -0.4 is 5.32 Å². The number of hydrogen-bond donors (Lipinski definition) is 2. The molecule has 1 rings (SSSR count). The molecule has 0 fully saturated rings. The van der Waals surface area contributed by atoms with Crippen LogP contribution in [0.1, 0.15) is 52.6 Å². The highest BCUT2D eigenvalue weighted by Crippen LogP contribution is 2.30. The lowest BCUT2D eigenvalue weighted by atomic mass is 9.85. The Bertz CT molecular complexity index is 409. The van der Waals surface area contributed by atoms with Gasteiger partial charge in [0.2, 0.25) is 0 Å². The molecule has 114 valence electrons. The second-order valence-corrected chi connectivity index (χ2v) is 7.14. The zero-order valence-corrected chi connectivity index (χ0v) is 14.9. The summed E-state index contributed by atoms with van der Waals surface area (Å²) in [5, 5.41) is 13.7. The molecule has 0 bridgehead atoms. The van der Waals surface area contributed by atoms with Crippen LogP contribution in [0.5, 0.6) is 5.75 Å². The van der Waals surface area contributed by atoms with E-state index in [4.69, 9.17) is 0 Å². The molecule has 1 aromatic rings. The smallest absolute Gasteiger partial charge is 0.120 e. The van der Waals surface area contributed by atoms with Crippen molar-refractivity contribution >= 4 is 15.9 Å². The summed E-state index contributed by atoms with van der Waals surface area (Å²) in [6.45, 7) is 12.3. The predicted octanol–water partition coefficient (Wildman–Crippen LogP) is 5.12. The van der Waals surface area contributed by atoms with Gasteiger partial charge < -0.3 is 10.4 Å². The largest absolute Gasteiger partial charge is 0.508 e. The summed E-state index contributed by atoms with van der Waals surface area (Å²) in [6.07, 6.45) is 0.965. The maximum Gasteiger partial charge on any atom is 0.120 e. The third-order valence-corrected chi connectivity index (χ3v) is 4.58. The number of aromatic hydroxyl groups is 1. The topological polar surface area (TPSA) is 32.3 Å². The van der Waals surface area contributed by atoms with Gasteiger partial charge in [-0.1, -0.05) is 50.5 Å². The van der Waals surface area contributed by atoms with Crippen LogP contribution in [0.3, 0.4) is 0 Å². The van der Waals surface area contributed by atoms with E-state index >= 15 is 0 Å². The molecule has 2 nitrogen and oxygen atoms in total. The van der Waals surface area contributed by atoms with Crippen LogP contribution in [0.15, 0.2) is 22.7 Å². The molecule has 0 aliphatic heterocycles. The van der Waals surface area contributed by atoms with Crippen LogP contribution in [-0.2, 0) is 0 Å². The number of phenols is 1. The summed E-state index contributed by atoms with van der Waals surface area (Å²) in [5.41, 5.74) is 0.980. The molecule has 1 atom stereocenters. The Hall–Kier alpha value is -0.540. The molecule has 0 spiro atoms. The van der Waals surface area contributed by atoms with Crippen molar-refractivity contribution in [2.45, 2.75) is 47.1 Å². The molecule has 0 amide bonds. The summed E-state index contributed by atoms with van der Waals surface area (Å²) in [7, 11) is 0. The van der Waals surface area contributed by atoms with Crippen LogP contribution >= 0.6 is 15.9 Å². The highest BCUT2D eigenvalue weighted by molar-refractivity contribution is 9.10. The zero-order valence-electron chi connectivity index (χ0n) is 13.3. The van der Waals surface area contributed by atoms with E-state index in [9.17, 15) is 5.11 Å². The molecule has 0 heterocycles. The minimum Gasteiger partial charge on any atom is -0.508 e. The Morgan fingerprint density at radius 3 is 2.25 bits per heavy atom. The van der Waals surface area contributed by atoms with Gasteiger partial charge in [-0.05, 0) is 48.9 Å². The van der Waals surface area contributed by atoms with Gasteiger partial charge >= 0.3 is 0 Å². The van der Waals surface area contributed by atoms with E-state index in [2.05, 4.69) is 55.9 Å². The minimum absolute atomic E-state index is 0.201. The lowest BCUT2D eigenvalue weighted by molar-refractivity contribution is 0.263. The predicted molar refractivity (Wildman–Crippen MR) is 90.0 cm³/mol. The van der Waals surface area contributed by atoms with Gasteiger partial charge in [0, 0.05) is 16.1 Å². The first kappa shape index (κ1) is 17.5. The molecule has 0 aliphatic carbocycles. The standard InChI is InChI=1S/C17H28BrNO/c1-6-16(14-9-13(18)7-8-17(14)20)19-10-15(11(2)3)12(4)5/h7-9,11-12,15-16,19-20H,6,10H2,1-5H3. The van der Waals surface area contributed by atoms with Crippen LogP contribution in [-0.4, -0.2) is 11.7 Å². The molecule has 0 radical (unpaired) electrons. The van der Waals surface area contributed by atoms with Gasteiger partial charge in [0.05, 0.1) is 0 Å². The van der Waals surface area contributed by atoms with E-state index in [0.29, 0.717) is 23.5 Å². The van der Waals surface area contributed by atoms with Crippen LogP contribution in [0.4, 0.5) is 0 Å². The Morgan fingerprint density at radius 2 is 1.75 bits per heavy atom. The van der Waals surface area contributed by atoms with Gasteiger partial charge in [-0.15, -0.1) is 0 Å². The second kappa shape index (κ2) is 8.04.